The van der Waals surface area contributed by atoms with Gasteiger partial charge in [0.1, 0.15) is 0 Å². The first-order valence-corrected chi connectivity index (χ1v) is 8.72. The van der Waals surface area contributed by atoms with E-state index >= 15 is 0 Å². The van der Waals surface area contributed by atoms with Gasteiger partial charge in [-0.25, -0.2) is 13.1 Å². The summed E-state index contributed by atoms with van der Waals surface area (Å²) in [4.78, 5) is 12.4. The molecule has 0 unspecified atom stereocenters. The minimum absolute atomic E-state index is 0.0184. The Hall–Kier alpha value is -1.89. The van der Waals surface area contributed by atoms with Crippen LogP contribution in [0, 0.1) is 13.8 Å². The second-order valence-electron chi connectivity index (χ2n) is 5.12. The molecule has 0 saturated carbocycles. The third-order valence-electron chi connectivity index (χ3n) is 3.39. The number of carbonyl (C=O) groups excluding carboxylic acids is 1. The van der Waals surface area contributed by atoms with Crippen molar-refractivity contribution in [3.63, 3.8) is 0 Å². The van der Waals surface area contributed by atoms with E-state index in [1.807, 2.05) is 26.0 Å². The summed E-state index contributed by atoms with van der Waals surface area (Å²) in [5, 5.41) is 2.94. The average molecular weight is 353 g/mol. The summed E-state index contributed by atoms with van der Waals surface area (Å²) < 4.78 is 25.9. The van der Waals surface area contributed by atoms with Crippen molar-refractivity contribution < 1.29 is 13.2 Å². The molecule has 5 nitrogen and oxygen atoms in total. The van der Waals surface area contributed by atoms with E-state index in [1.165, 1.54) is 25.2 Å². The van der Waals surface area contributed by atoms with Gasteiger partial charge >= 0.3 is 0 Å². The Labute approximate surface area is 140 Å². The molecule has 0 spiro atoms. The molecule has 0 saturated heterocycles. The molecule has 0 radical (unpaired) electrons. The van der Waals surface area contributed by atoms with Crippen molar-refractivity contribution >= 4 is 33.2 Å². The molecule has 2 N–H and O–H groups in total. The third kappa shape index (κ3) is 3.90. The molecule has 0 aliphatic carbocycles. The van der Waals surface area contributed by atoms with Crippen LogP contribution in [0.25, 0.3) is 0 Å². The zero-order chi connectivity index (χ0) is 17.2. The molecule has 0 bridgehead atoms. The van der Waals surface area contributed by atoms with Gasteiger partial charge < -0.3 is 5.32 Å². The molecule has 1 amide bonds. The van der Waals surface area contributed by atoms with Gasteiger partial charge in [-0.2, -0.15) is 0 Å². The molecule has 122 valence electrons. The largest absolute Gasteiger partial charge is 0.322 e. The van der Waals surface area contributed by atoms with Crippen LogP contribution >= 0.6 is 11.6 Å². The van der Waals surface area contributed by atoms with Crippen LogP contribution in [-0.4, -0.2) is 21.4 Å². The van der Waals surface area contributed by atoms with Gasteiger partial charge in [0.2, 0.25) is 10.0 Å². The first-order chi connectivity index (χ1) is 10.7. The van der Waals surface area contributed by atoms with E-state index in [9.17, 15) is 13.2 Å². The van der Waals surface area contributed by atoms with Gasteiger partial charge in [0, 0.05) is 5.69 Å². The van der Waals surface area contributed by atoms with E-state index in [2.05, 4.69) is 10.0 Å². The van der Waals surface area contributed by atoms with Gasteiger partial charge in [-0.1, -0.05) is 29.3 Å². The van der Waals surface area contributed by atoms with Crippen LogP contribution in [-0.2, 0) is 10.0 Å². The fraction of sp³-hybridized carbons (Fsp3) is 0.188. The average Bonchev–Trinajstić information content (AvgIpc) is 2.50. The van der Waals surface area contributed by atoms with Crippen molar-refractivity contribution in [2.24, 2.45) is 0 Å². The maximum Gasteiger partial charge on any atom is 0.257 e. The molecule has 0 atom stereocenters. The summed E-state index contributed by atoms with van der Waals surface area (Å²) in [6.07, 6.45) is 0. The zero-order valence-corrected chi connectivity index (χ0v) is 14.5. The number of carbonyl (C=O) groups is 1. The lowest BCUT2D eigenvalue weighted by Crippen LogP contribution is -2.20. The highest BCUT2D eigenvalue weighted by Crippen LogP contribution is 2.23. The van der Waals surface area contributed by atoms with Gasteiger partial charge in [-0.15, -0.1) is 0 Å². The Kier molecular flexibility index (Phi) is 5.09. The molecule has 2 rings (SSSR count). The van der Waals surface area contributed by atoms with Gasteiger partial charge in [0.05, 0.1) is 15.5 Å². The lowest BCUT2D eigenvalue weighted by atomic mass is 10.1. The van der Waals surface area contributed by atoms with Crippen molar-refractivity contribution in [1.82, 2.24) is 4.72 Å². The highest BCUT2D eigenvalue weighted by molar-refractivity contribution is 7.89. The molecule has 0 aromatic heterocycles. The zero-order valence-electron chi connectivity index (χ0n) is 13.0. The summed E-state index contributed by atoms with van der Waals surface area (Å²) >= 11 is 6.04. The van der Waals surface area contributed by atoms with E-state index in [0.717, 1.165) is 11.1 Å². The Morgan fingerprint density at radius 2 is 1.78 bits per heavy atom. The number of aryl methyl sites for hydroxylation is 2. The third-order valence-corrected chi connectivity index (χ3v) is 5.13. The second kappa shape index (κ2) is 6.70. The summed E-state index contributed by atoms with van der Waals surface area (Å²) in [7, 11) is -2.34. The van der Waals surface area contributed by atoms with E-state index in [4.69, 9.17) is 11.6 Å². The Balaban J connectivity index is 2.37. The van der Waals surface area contributed by atoms with Crippen LogP contribution in [0.3, 0.4) is 0 Å². The van der Waals surface area contributed by atoms with Crippen LogP contribution in [0.15, 0.2) is 41.3 Å². The molecule has 2 aromatic carbocycles. The van der Waals surface area contributed by atoms with Crippen LogP contribution in [0.4, 0.5) is 5.69 Å². The molecule has 0 aliphatic heterocycles. The summed E-state index contributed by atoms with van der Waals surface area (Å²) in [6, 6.07) is 9.62. The molecule has 7 heteroatoms. The predicted octanol–water partition coefficient (Wildman–Crippen LogP) is 3.12. The summed E-state index contributed by atoms with van der Waals surface area (Å²) in [6.45, 7) is 3.84. The molecule has 0 aliphatic rings. The highest BCUT2D eigenvalue weighted by Gasteiger charge is 2.18. The van der Waals surface area contributed by atoms with Gasteiger partial charge in [0.15, 0.2) is 0 Å². The number of rotatable bonds is 4. The van der Waals surface area contributed by atoms with Crippen molar-refractivity contribution in [3.8, 4) is 0 Å². The maximum atomic E-state index is 12.4. The van der Waals surface area contributed by atoms with E-state index in [0.29, 0.717) is 5.69 Å². The Morgan fingerprint density at radius 1 is 1.09 bits per heavy atom. The van der Waals surface area contributed by atoms with Crippen LogP contribution in [0.1, 0.15) is 21.5 Å². The molecule has 23 heavy (non-hydrogen) atoms. The number of nitrogens with one attached hydrogen (secondary N) is 2. The fourth-order valence-electron chi connectivity index (χ4n) is 2.11. The minimum atomic E-state index is -3.65. The fourth-order valence-corrected chi connectivity index (χ4v) is 3.07. The first-order valence-electron chi connectivity index (χ1n) is 6.86. The van der Waals surface area contributed by atoms with E-state index < -0.39 is 15.9 Å². The maximum absolute atomic E-state index is 12.4. The van der Waals surface area contributed by atoms with Gasteiger partial charge in [-0.05, 0) is 50.7 Å². The molecule has 0 heterocycles. The standard InChI is InChI=1S/C16H17ClN2O3S/c1-10-4-7-15(11(2)8-10)19-16(20)13-9-12(5-6-14(13)17)23(21,22)18-3/h4-9,18H,1-3H3,(H,19,20). The van der Waals surface area contributed by atoms with Crippen molar-refractivity contribution in [3.05, 3.63) is 58.1 Å². The van der Waals surface area contributed by atoms with Crippen LogP contribution in [0.2, 0.25) is 5.02 Å². The smallest absolute Gasteiger partial charge is 0.257 e. The first kappa shape index (κ1) is 17.5. The Bertz CT molecular complexity index is 864. The van der Waals surface area contributed by atoms with Crippen LogP contribution in [0.5, 0.6) is 0 Å². The van der Waals surface area contributed by atoms with Crippen LogP contribution < -0.4 is 10.0 Å². The number of halogens is 1. The minimum Gasteiger partial charge on any atom is -0.322 e. The normalized spacial score (nSPS) is 11.3. The number of anilines is 1. The lowest BCUT2D eigenvalue weighted by Gasteiger charge is -2.11. The quantitative estimate of drug-likeness (QED) is 0.887. The molecular weight excluding hydrogens is 336 g/mol. The molecule has 0 fully saturated rings. The SMILES string of the molecule is CNS(=O)(=O)c1ccc(Cl)c(C(=O)Nc2ccc(C)cc2C)c1. The predicted molar refractivity (Wildman–Crippen MR) is 91.6 cm³/mol. The van der Waals surface area contributed by atoms with Crippen molar-refractivity contribution in [2.75, 3.05) is 12.4 Å². The monoisotopic (exact) mass is 352 g/mol. The summed E-state index contributed by atoms with van der Waals surface area (Å²) in [5.74, 6) is -0.463. The lowest BCUT2D eigenvalue weighted by molar-refractivity contribution is 0.102. The Morgan fingerprint density at radius 3 is 2.39 bits per heavy atom. The van der Waals surface area contributed by atoms with E-state index in [-0.39, 0.29) is 15.5 Å². The highest BCUT2D eigenvalue weighted by atomic mass is 35.5. The molecule has 2 aromatic rings. The second-order valence-corrected chi connectivity index (χ2v) is 7.42. The number of hydrogen-bond donors (Lipinski definition) is 2. The summed E-state index contributed by atoms with van der Waals surface area (Å²) in [5.41, 5.74) is 2.75. The number of amides is 1. The topological polar surface area (TPSA) is 75.3 Å². The number of sulfonamides is 1. The number of hydrogen-bond acceptors (Lipinski definition) is 3. The van der Waals surface area contributed by atoms with Crippen molar-refractivity contribution in [1.29, 1.82) is 0 Å². The molecular formula is C16H17ClN2O3S. The van der Waals surface area contributed by atoms with E-state index in [1.54, 1.807) is 6.07 Å². The number of benzene rings is 2. The van der Waals surface area contributed by atoms with Crippen molar-refractivity contribution in [2.45, 2.75) is 18.7 Å². The van der Waals surface area contributed by atoms with Gasteiger partial charge in [0.25, 0.3) is 5.91 Å². The van der Waals surface area contributed by atoms with Gasteiger partial charge in [-0.3, -0.25) is 4.79 Å².